The maximum absolute atomic E-state index is 6.06. The molecule has 1 aliphatic carbocycles. The van der Waals surface area contributed by atoms with Gasteiger partial charge in [0.05, 0.1) is 0 Å². The molecule has 0 heterocycles. The van der Waals surface area contributed by atoms with Crippen molar-refractivity contribution in [2.24, 2.45) is 11.7 Å². The Labute approximate surface area is 83.9 Å². The van der Waals surface area contributed by atoms with Crippen molar-refractivity contribution in [1.29, 1.82) is 0 Å². The second kappa shape index (κ2) is 3.69. The average molecular weight is 196 g/mol. The fraction of sp³-hybridized carbons (Fsp3) is 0.455. The third kappa shape index (κ3) is 1.87. The van der Waals surface area contributed by atoms with E-state index in [9.17, 15) is 0 Å². The molecule has 13 heavy (non-hydrogen) atoms. The van der Waals surface area contributed by atoms with Gasteiger partial charge in [0.15, 0.2) is 0 Å². The Hall–Kier alpha value is -0.530. The Morgan fingerprint density at radius 3 is 2.62 bits per heavy atom. The van der Waals surface area contributed by atoms with Gasteiger partial charge in [-0.1, -0.05) is 29.8 Å². The number of hydrogen-bond donors (Lipinski definition) is 1. The summed E-state index contributed by atoms with van der Waals surface area (Å²) in [7, 11) is 0. The van der Waals surface area contributed by atoms with Crippen molar-refractivity contribution in [3.8, 4) is 0 Å². The van der Waals surface area contributed by atoms with Gasteiger partial charge in [-0.3, -0.25) is 0 Å². The molecule has 2 N–H and O–H groups in total. The van der Waals surface area contributed by atoms with Crippen molar-refractivity contribution in [3.63, 3.8) is 0 Å². The normalized spacial score (nSPS) is 26.9. The van der Waals surface area contributed by atoms with Crippen LogP contribution in [-0.4, -0.2) is 6.04 Å². The van der Waals surface area contributed by atoms with Crippen molar-refractivity contribution >= 4 is 11.6 Å². The fourth-order valence-corrected chi connectivity index (χ4v) is 2.01. The Morgan fingerprint density at radius 2 is 2.08 bits per heavy atom. The molecule has 2 atom stereocenters. The van der Waals surface area contributed by atoms with Gasteiger partial charge in [-0.25, -0.2) is 0 Å². The van der Waals surface area contributed by atoms with E-state index < -0.39 is 0 Å². The first-order chi connectivity index (χ1) is 6.27. The summed E-state index contributed by atoms with van der Waals surface area (Å²) in [6, 6.07) is 8.43. The minimum Gasteiger partial charge on any atom is -0.327 e. The Kier molecular flexibility index (Phi) is 2.56. The van der Waals surface area contributed by atoms with E-state index in [1.165, 1.54) is 18.4 Å². The lowest BCUT2D eigenvalue weighted by atomic mass is 9.76. The lowest BCUT2D eigenvalue weighted by Gasteiger charge is -2.33. The number of halogens is 1. The second-order valence-corrected chi connectivity index (χ2v) is 4.20. The quantitative estimate of drug-likeness (QED) is 0.772. The molecule has 0 spiro atoms. The summed E-state index contributed by atoms with van der Waals surface area (Å²) in [4.78, 5) is 0. The SMILES string of the molecule is NC1CCC1Cc1ccccc1Cl. The maximum atomic E-state index is 6.06. The van der Waals surface area contributed by atoms with Crippen molar-refractivity contribution in [1.82, 2.24) is 0 Å². The molecule has 0 aliphatic heterocycles. The van der Waals surface area contributed by atoms with Crippen LogP contribution >= 0.6 is 11.6 Å². The smallest absolute Gasteiger partial charge is 0.0438 e. The molecule has 2 rings (SSSR count). The molecule has 1 saturated carbocycles. The van der Waals surface area contributed by atoms with Crippen molar-refractivity contribution < 1.29 is 0 Å². The van der Waals surface area contributed by atoms with Gasteiger partial charge < -0.3 is 5.73 Å². The summed E-state index contributed by atoms with van der Waals surface area (Å²) in [6.07, 6.45) is 3.47. The molecule has 1 nitrogen and oxygen atoms in total. The van der Waals surface area contributed by atoms with Crippen molar-refractivity contribution in [3.05, 3.63) is 34.9 Å². The van der Waals surface area contributed by atoms with Crippen LogP contribution in [0.5, 0.6) is 0 Å². The zero-order chi connectivity index (χ0) is 9.26. The van der Waals surface area contributed by atoms with E-state index in [2.05, 4.69) is 6.07 Å². The highest BCUT2D eigenvalue weighted by molar-refractivity contribution is 6.31. The van der Waals surface area contributed by atoms with Crippen molar-refractivity contribution in [2.75, 3.05) is 0 Å². The molecule has 1 aromatic carbocycles. The van der Waals surface area contributed by atoms with Gasteiger partial charge in [-0.15, -0.1) is 0 Å². The van der Waals surface area contributed by atoms with Crippen LogP contribution in [0.4, 0.5) is 0 Å². The maximum Gasteiger partial charge on any atom is 0.0438 e. The van der Waals surface area contributed by atoms with Gasteiger partial charge in [-0.2, -0.15) is 0 Å². The molecular formula is C11H14ClN. The third-order valence-electron chi connectivity index (χ3n) is 2.92. The molecule has 2 heteroatoms. The fourth-order valence-electron chi connectivity index (χ4n) is 1.79. The molecule has 0 bridgehead atoms. The highest BCUT2D eigenvalue weighted by Gasteiger charge is 2.27. The molecule has 0 radical (unpaired) electrons. The van der Waals surface area contributed by atoms with E-state index in [1.807, 2.05) is 18.2 Å². The van der Waals surface area contributed by atoms with Crippen LogP contribution < -0.4 is 5.73 Å². The number of benzene rings is 1. The summed E-state index contributed by atoms with van der Waals surface area (Å²) in [5.74, 6) is 0.653. The molecule has 0 saturated heterocycles. The van der Waals surface area contributed by atoms with E-state index in [1.54, 1.807) is 0 Å². The van der Waals surface area contributed by atoms with Gasteiger partial charge in [0.25, 0.3) is 0 Å². The Morgan fingerprint density at radius 1 is 1.31 bits per heavy atom. The number of rotatable bonds is 2. The minimum atomic E-state index is 0.399. The van der Waals surface area contributed by atoms with E-state index in [4.69, 9.17) is 17.3 Å². The predicted octanol–water partition coefficient (Wildman–Crippen LogP) is 2.62. The van der Waals surface area contributed by atoms with E-state index in [0.29, 0.717) is 12.0 Å². The lowest BCUT2D eigenvalue weighted by Crippen LogP contribution is -2.40. The standard InChI is InChI=1S/C11H14ClN/c12-10-4-2-1-3-8(10)7-9-5-6-11(9)13/h1-4,9,11H,5-7,13H2. The van der Waals surface area contributed by atoms with E-state index in [-0.39, 0.29) is 0 Å². The number of hydrogen-bond acceptors (Lipinski definition) is 1. The summed E-state index contributed by atoms with van der Waals surface area (Å²) in [6.45, 7) is 0. The van der Waals surface area contributed by atoms with Gasteiger partial charge in [0.2, 0.25) is 0 Å². The Bertz CT molecular complexity index is 298. The zero-order valence-corrected chi connectivity index (χ0v) is 8.30. The van der Waals surface area contributed by atoms with Crippen molar-refractivity contribution in [2.45, 2.75) is 25.3 Å². The zero-order valence-electron chi connectivity index (χ0n) is 7.54. The predicted molar refractivity (Wildman–Crippen MR) is 55.9 cm³/mol. The monoisotopic (exact) mass is 195 g/mol. The summed E-state index contributed by atoms with van der Waals surface area (Å²) in [5.41, 5.74) is 7.12. The number of nitrogens with two attached hydrogens (primary N) is 1. The van der Waals surface area contributed by atoms with Gasteiger partial charge in [-0.05, 0) is 36.8 Å². The third-order valence-corrected chi connectivity index (χ3v) is 3.28. The van der Waals surface area contributed by atoms with Crippen LogP contribution in [-0.2, 0) is 6.42 Å². The second-order valence-electron chi connectivity index (χ2n) is 3.80. The van der Waals surface area contributed by atoms with Gasteiger partial charge in [0, 0.05) is 11.1 Å². The first-order valence-corrected chi connectivity index (χ1v) is 5.14. The largest absolute Gasteiger partial charge is 0.327 e. The van der Waals surface area contributed by atoms with Crippen LogP contribution in [0.3, 0.4) is 0 Å². The van der Waals surface area contributed by atoms with Crippen LogP contribution in [0, 0.1) is 5.92 Å². The first-order valence-electron chi connectivity index (χ1n) is 4.76. The highest BCUT2D eigenvalue weighted by atomic mass is 35.5. The molecule has 1 aromatic rings. The molecule has 0 amide bonds. The summed E-state index contributed by atoms with van der Waals surface area (Å²) in [5, 5.41) is 0.876. The topological polar surface area (TPSA) is 26.0 Å². The van der Waals surface area contributed by atoms with Crippen LogP contribution in [0.1, 0.15) is 18.4 Å². The minimum absolute atomic E-state index is 0.399. The van der Waals surface area contributed by atoms with Gasteiger partial charge >= 0.3 is 0 Å². The van der Waals surface area contributed by atoms with E-state index in [0.717, 1.165) is 11.4 Å². The highest BCUT2D eigenvalue weighted by Crippen LogP contribution is 2.30. The van der Waals surface area contributed by atoms with Crippen LogP contribution in [0.2, 0.25) is 5.02 Å². The first kappa shape index (κ1) is 9.04. The summed E-state index contributed by atoms with van der Waals surface area (Å²) >= 11 is 6.06. The van der Waals surface area contributed by atoms with Gasteiger partial charge in [0.1, 0.15) is 0 Å². The van der Waals surface area contributed by atoms with Crippen LogP contribution in [0.25, 0.3) is 0 Å². The Balaban J connectivity index is 2.05. The molecule has 2 unspecified atom stereocenters. The van der Waals surface area contributed by atoms with E-state index >= 15 is 0 Å². The molecule has 1 aliphatic rings. The molecule has 1 fully saturated rings. The molecular weight excluding hydrogens is 182 g/mol. The lowest BCUT2D eigenvalue weighted by molar-refractivity contribution is 0.256. The summed E-state index contributed by atoms with van der Waals surface area (Å²) < 4.78 is 0. The van der Waals surface area contributed by atoms with Crippen LogP contribution in [0.15, 0.2) is 24.3 Å². The molecule has 0 aromatic heterocycles. The average Bonchev–Trinajstić information content (AvgIpc) is 2.14. The molecule has 70 valence electrons.